The topological polar surface area (TPSA) is 78.9 Å². The molecule has 0 aromatic carbocycles. The van der Waals surface area contributed by atoms with Gasteiger partial charge in [0.2, 0.25) is 0 Å². The quantitative estimate of drug-likeness (QED) is 0.0261. The lowest BCUT2D eigenvalue weighted by Gasteiger charge is -2.18. The molecule has 0 heterocycles. The SMILES string of the molecule is CC/C=C\C/C=C\C/C=C\C/C=C\C/C=C\CCCCCC(=O)OC(COC(=O)CCCCCCCCCCC/C=C\CCCCCCCC)COC(=O)CCCCCCCCCCC/C=C\CCCCCCCC. The molecule has 0 N–H and O–H groups in total. The van der Waals surface area contributed by atoms with Gasteiger partial charge in [-0.15, -0.1) is 0 Å². The average molecular weight is 1050 g/mol. The van der Waals surface area contributed by atoms with Crippen molar-refractivity contribution in [2.75, 3.05) is 13.2 Å². The van der Waals surface area contributed by atoms with Crippen LogP contribution in [0, 0.1) is 0 Å². The minimum absolute atomic E-state index is 0.0905. The van der Waals surface area contributed by atoms with Crippen molar-refractivity contribution in [2.45, 2.75) is 322 Å². The molecular weight excluding hydrogens is 925 g/mol. The maximum Gasteiger partial charge on any atom is 0.306 e. The van der Waals surface area contributed by atoms with E-state index in [-0.39, 0.29) is 37.5 Å². The summed E-state index contributed by atoms with van der Waals surface area (Å²) in [4.78, 5) is 38.3. The van der Waals surface area contributed by atoms with Crippen molar-refractivity contribution in [1.29, 1.82) is 0 Å². The number of allylic oxidation sites excluding steroid dienone is 14. The van der Waals surface area contributed by atoms with Gasteiger partial charge in [-0.25, -0.2) is 0 Å². The van der Waals surface area contributed by atoms with Gasteiger partial charge in [-0.2, -0.15) is 0 Å². The summed E-state index contributed by atoms with van der Waals surface area (Å²) >= 11 is 0. The zero-order valence-corrected chi connectivity index (χ0v) is 49.6. The first-order valence-electron chi connectivity index (χ1n) is 32.1. The molecule has 0 aromatic heterocycles. The maximum absolute atomic E-state index is 12.9. The van der Waals surface area contributed by atoms with Crippen molar-refractivity contribution in [2.24, 2.45) is 0 Å². The van der Waals surface area contributed by atoms with Gasteiger partial charge < -0.3 is 14.2 Å². The minimum atomic E-state index is -0.797. The highest BCUT2D eigenvalue weighted by molar-refractivity contribution is 5.71. The van der Waals surface area contributed by atoms with Crippen LogP contribution in [0.25, 0.3) is 0 Å². The fraction of sp³-hybridized carbons (Fsp3) is 0.754. The van der Waals surface area contributed by atoms with Gasteiger partial charge >= 0.3 is 17.9 Å². The summed E-state index contributed by atoms with van der Waals surface area (Å²) in [5, 5.41) is 0. The molecule has 75 heavy (non-hydrogen) atoms. The molecule has 6 nitrogen and oxygen atoms in total. The van der Waals surface area contributed by atoms with E-state index < -0.39 is 6.10 Å². The van der Waals surface area contributed by atoms with Gasteiger partial charge in [-0.1, -0.05) is 266 Å². The molecule has 0 saturated heterocycles. The van der Waals surface area contributed by atoms with Crippen LogP contribution in [0.1, 0.15) is 316 Å². The Kier molecular flexibility index (Phi) is 60.3. The minimum Gasteiger partial charge on any atom is -0.462 e. The predicted octanol–water partition coefficient (Wildman–Crippen LogP) is 21.9. The Hall–Kier alpha value is -3.41. The Balaban J connectivity index is 4.43. The van der Waals surface area contributed by atoms with Crippen LogP contribution in [0.15, 0.2) is 85.1 Å². The number of hydrogen-bond acceptors (Lipinski definition) is 6. The van der Waals surface area contributed by atoms with Crippen LogP contribution in [0.5, 0.6) is 0 Å². The summed E-state index contributed by atoms with van der Waals surface area (Å²) in [6, 6.07) is 0. The summed E-state index contributed by atoms with van der Waals surface area (Å²) < 4.78 is 16.9. The molecule has 6 heteroatoms. The smallest absolute Gasteiger partial charge is 0.306 e. The van der Waals surface area contributed by atoms with E-state index in [2.05, 4.69) is 106 Å². The number of ether oxygens (including phenoxy) is 3. The summed E-state index contributed by atoms with van der Waals surface area (Å²) in [6.45, 7) is 6.52. The van der Waals surface area contributed by atoms with Gasteiger partial charge in [-0.05, 0) is 116 Å². The van der Waals surface area contributed by atoms with Gasteiger partial charge in [-0.3, -0.25) is 14.4 Å². The van der Waals surface area contributed by atoms with Crippen molar-refractivity contribution in [3.8, 4) is 0 Å². The fourth-order valence-corrected chi connectivity index (χ4v) is 9.05. The van der Waals surface area contributed by atoms with E-state index in [1.807, 2.05) is 0 Å². The fourth-order valence-electron chi connectivity index (χ4n) is 9.05. The van der Waals surface area contributed by atoms with E-state index in [0.29, 0.717) is 12.8 Å². The van der Waals surface area contributed by atoms with E-state index in [9.17, 15) is 14.4 Å². The number of carbonyl (C=O) groups is 3. The number of rotatable bonds is 58. The van der Waals surface area contributed by atoms with E-state index in [1.165, 1.54) is 180 Å². The van der Waals surface area contributed by atoms with Crippen LogP contribution >= 0.6 is 0 Å². The molecule has 0 fully saturated rings. The number of unbranched alkanes of at least 4 members (excludes halogenated alkanes) is 33. The second kappa shape index (κ2) is 63.1. The largest absolute Gasteiger partial charge is 0.462 e. The van der Waals surface area contributed by atoms with E-state index >= 15 is 0 Å². The van der Waals surface area contributed by atoms with Gasteiger partial charge in [0.05, 0.1) is 0 Å². The lowest BCUT2D eigenvalue weighted by Crippen LogP contribution is -2.30. The lowest BCUT2D eigenvalue weighted by atomic mass is 10.1. The molecule has 0 aromatic rings. The third-order valence-corrected chi connectivity index (χ3v) is 13.9. The summed E-state index contributed by atoms with van der Waals surface area (Å²) in [7, 11) is 0. The van der Waals surface area contributed by atoms with Crippen molar-refractivity contribution < 1.29 is 28.6 Å². The van der Waals surface area contributed by atoms with Crippen LogP contribution in [0.3, 0.4) is 0 Å². The Morgan fingerprint density at radius 3 is 0.840 bits per heavy atom. The van der Waals surface area contributed by atoms with Gasteiger partial charge in [0.1, 0.15) is 13.2 Å². The zero-order valence-electron chi connectivity index (χ0n) is 49.6. The number of esters is 3. The van der Waals surface area contributed by atoms with E-state index in [4.69, 9.17) is 14.2 Å². The molecule has 0 aliphatic rings. The van der Waals surface area contributed by atoms with Crippen molar-refractivity contribution in [1.82, 2.24) is 0 Å². The van der Waals surface area contributed by atoms with E-state index in [0.717, 1.165) is 96.3 Å². The average Bonchev–Trinajstić information content (AvgIpc) is 3.41. The second-order valence-electron chi connectivity index (χ2n) is 21.3. The highest BCUT2D eigenvalue weighted by atomic mass is 16.6. The predicted molar refractivity (Wildman–Crippen MR) is 325 cm³/mol. The summed E-state index contributed by atoms with van der Waals surface area (Å²) in [6.07, 6.45) is 83.0. The molecule has 0 amide bonds. The van der Waals surface area contributed by atoms with Crippen molar-refractivity contribution in [3.63, 3.8) is 0 Å². The summed E-state index contributed by atoms with van der Waals surface area (Å²) in [5.41, 5.74) is 0. The normalized spacial score (nSPS) is 12.3. The molecule has 0 bridgehead atoms. The van der Waals surface area contributed by atoms with Crippen LogP contribution in [-0.4, -0.2) is 37.2 Å². The molecule has 0 saturated carbocycles. The highest BCUT2D eigenvalue weighted by Crippen LogP contribution is 2.16. The molecule has 0 rings (SSSR count). The van der Waals surface area contributed by atoms with Gasteiger partial charge in [0.15, 0.2) is 6.10 Å². The first-order chi connectivity index (χ1) is 37.0. The summed E-state index contributed by atoms with van der Waals surface area (Å²) in [5.74, 6) is -0.914. The monoisotopic (exact) mass is 1040 g/mol. The molecule has 0 unspecified atom stereocenters. The van der Waals surface area contributed by atoms with Crippen molar-refractivity contribution >= 4 is 17.9 Å². The first-order valence-corrected chi connectivity index (χ1v) is 32.1. The molecule has 0 aliphatic heterocycles. The Morgan fingerprint density at radius 2 is 0.520 bits per heavy atom. The van der Waals surface area contributed by atoms with Gasteiger partial charge in [0, 0.05) is 19.3 Å². The molecule has 0 atom stereocenters. The van der Waals surface area contributed by atoms with Crippen LogP contribution < -0.4 is 0 Å². The third kappa shape index (κ3) is 61.3. The van der Waals surface area contributed by atoms with E-state index in [1.54, 1.807) is 0 Å². The second-order valence-corrected chi connectivity index (χ2v) is 21.3. The maximum atomic E-state index is 12.9. The molecule has 432 valence electrons. The van der Waals surface area contributed by atoms with Crippen LogP contribution in [-0.2, 0) is 28.6 Å². The zero-order chi connectivity index (χ0) is 54.3. The first kappa shape index (κ1) is 71.6. The molecular formula is C69H120O6. The van der Waals surface area contributed by atoms with Crippen LogP contribution in [0.2, 0.25) is 0 Å². The number of hydrogen-bond donors (Lipinski definition) is 0. The standard InChI is InChI=1S/C69H120O6/c1-4-7-10-13-16-19-22-25-28-31-34-37-40-43-46-49-52-55-58-61-67(70)73-64-66(75-69(72)63-60-57-54-51-48-45-42-39-36-33-30-27-24-21-18-15-12-9-6-3)65-74-68(71)62-59-56-53-50-47-44-41-38-35-32-29-26-23-20-17-14-11-8-5-2/h9,12,18,21,25-30,36,39,45,48,66H,4-8,10-11,13-17,19-20,22-24,31-35,37-38,40-44,46-47,49-65H2,1-3H3/b12-9-,21-18-,28-25-,29-26-,30-27-,39-36-,48-45-. The van der Waals surface area contributed by atoms with Gasteiger partial charge in [0.25, 0.3) is 0 Å². The Bertz CT molecular complexity index is 1370. The van der Waals surface area contributed by atoms with Crippen LogP contribution in [0.4, 0.5) is 0 Å². The Labute approximate surface area is 465 Å². The molecule has 0 spiro atoms. The lowest BCUT2D eigenvalue weighted by molar-refractivity contribution is -0.167. The highest BCUT2D eigenvalue weighted by Gasteiger charge is 2.19. The van der Waals surface area contributed by atoms with Crippen molar-refractivity contribution in [3.05, 3.63) is 85.1 Å². The molecule has 0 radical (unpaired) electrons. The molecule has 0 aliphatic carbocycles. The Morgan fingerprint density at radius 1 is 0.280 bits per heavy atom. The third-order valence-electron chi connectivity index (χ3n) is 13.9. The number of carbonyl (C=O) groups excluding carboxylic acids is 3.